The zero-order chi connectivity index (χ0) is 56.3. The van der Waals surface area contributed by atoms with Crippen molar-refractivity contribution < 1.29 is 57.7 Å². The van der Waals surface area contributed by atoms with Crippen LogP contribution in [0.15, 0.2) is 54.6 Å². The number of benzene rings is 2. The Bertz CT molecular complexity index is 2190. The first-order chi connectivity index (χ1) is 35.4. The number of rotatable bonds is 30. The summed E-state index contributed by atoms with van der Waals surface area (Å²) in [6.07, 6.45) is -0.822. The summed E-state index contributed by atoms with van der Waals surface area (Å²) in [4.78, 5) is 112. The molecule has 1 aliphatic rings. The zero-order valence-electron chi connectivity index (χ0n) is 46.6. The van der Waals surface area contributed by atoms with Crippen LogP contribution in [-0.2, 0) is 60.8 Å². The lowest BCUT2D eigenvalue weighted by Crippen LogP contribution is -2.60. The normalized spacial score (nSPS) is 17.5. The highest BCUT2D eigenvalue weighted by molar-refractivity contribution is 5.94. The van der Waals surface area contributed by atoms with Gasteiger partial charge in [0, 0.05) is 47.7 Å². The smallest absolute Gasteiger partial charge is 0.410 e. The Kier molecular flexibility index (Phi) is 25.8. The predicted molar refractivity (Wildman–Crippen MR) is 284 cm³/mol. The number of amides is 7. The molecule has 19 nitrogen and oxygen atoms in total. The number of likely N-dealkylation sites (tertiary alicyclic amines) is 1. The molecule has 418 valence electrons. The van der Waals surface area contributed by atoms with Crippen LogP contribution >= 0.6 is 0 Å². The van der Waals surface area contributed by atoms with Gasteiger partial charge in [-0.05, 0) is 60.6 Å². The van der Waals surface area contributed by atoms with Crippen LogP contribution in [0.4, 0.5) is 4.79 Å². The van der Waals surface area contributed by atoms with Crippen LogP contribution in [0.25, 0.3) is 0 Å². The Labute approximate surface area is 444 Å². The summed E-state index contributed by atoms with van der Waals surface area (Å²) in [5, 5.41) is 19.4. The van der Waals surface area contributed by atoms with Crippen molar-refractivity contribution in [1.82, 2.24) is 30.7 Å². The van der Waals surface area contributed by atoms with Crippen molar-refractivity contribution in [3.63, 3.8) is 0 Å². The van der Waals surface area contributed by atoms with Crippen LogP contribution < -0.4 is 21.7 Å². The molecule has 2 aromatic rings. The quantitative estimate of drug-likeness (QED) is 0.0704. The van der Waals surface area contributed by atoms with Crippen LogP contribution in [0.1, 0.15) is 130 Å². The predicted octanol–water partition coefficient (Wildman–Crippen LogP) is 4.85. The van der Waals surface area contributed by atoms with Gasteiger partial charge in [-0.25, -0.2) is 4.79 Å². The van der Waals surface area contributed by atoms with E-state index in [1.54, 1.807) is 80.9 Å². The van der Waals surface area contributed by atoms with E-state index in [2.05, 4.69) is 16.0 Å². The van der Waals surface area contributed by atoms with Crippen LogP contribution in [0.3, 0.4) is 0 Å². The van der Waals surface area contributed by atoms with E-state index in [1.165, 1.54) is 26.2 Å². The number of hydrogen-bond acceptors (Lipinski definition) is 12. The second-order valence-electron chi connectivity index (χ2n) is 20.8. The average molecular weight is 1050 g/mol. The maximum atomic E-state index is 14.7. The highest BCUT2D eigenvalue weighted by Crippen LogP contribution is 2.30. The van der Waals surface area contributed by atoms with E-state index in [1.807, 2.05) is 52.8 Å². The number of carbonyl (C=O) groups is 8. The van der Waals surface area contributed by atoms with Crippen molar-refractivity contribution in [2.45, 2.75) is 175 Å². The molecule has 1 fully saturated rings. The summed E-state index contributed by atoms with van der Waals surface area (Å²) in [5.41, 5.74) is 7.22. The first-order valence-corrected chi connectivity index (χ1v) is 26.5. The maximum Gasteiger partial charge on any atom is 0.410 e. The summed E-state index contributed by atoms with van der Waals surface area (Å²) in [6.45, 7) is 16.8. The molecule has 2 aromatic carbocycles. The lowest BCUT2D eigenvalue weighted by molar-refractivity contribution is -0.148. The van der Waals surface area contributed by atoms with Crippen molar-refractivity contribution in [1.29, 1.82) is 0 Å². The van der Waals surface area contributed by atoms with Crippen LogP contribution in [0.5, 0.6) is 0 Å². The Morgan fingerprint density at radius 2 is 1.41 bits per heavy atom. The second-order valence-corrected chi connectivity index (χ2v) is 20.8. The molecule has 0 bridgehead atoms. The first kappa shape index (κ1) is 63.4. The standard InChI is InChI=1S/C56H87N7O12/c1-14-20-46(66)59-41(30-45(57)65)43(64)29-38-24-26-39(27-25-38)32-75-56(72)62(11)49(34(5)6)54(70)60-48(33(3)4)55(71)61(10)50(35(7)15-2)44(73-12)31-47(67)63-28-19-23-42(63)52(74-13)36(8)53(69)58-37(9)51(68)40-21-17-16-18-22-40/h16-18,21-22,24-27,33-37,41-42,44,48-52,68H,14-15,19-20,23,28-32H2,1-13H3,(H2,57,65)(H,58,69)(H,59,66)(H,60,70)/t35-,36+,37+,41+,42-,44+,48-,49-,50-,51+,52+/m0/s1. The van der Waals surface area contributed by atoms with Crippen molar-refractivity contribution in [3.8, 4) is 0 Å². The SMILES string of the molecule is CCCC(=O)N[C@H](CC(N)=O)C(=O)Cc1ccc(COC(=O)N(C)[C@H](C(=O)N[C@H](C(=O)N(C)[C@@H]([C@@H](C)CC)[C@@H](CC(=O)N2CCC[C@H]2[C@H](OC)[C@@H](C)C(=O)N[C@H](C)[C@@H](O)c2ccccc2)OC)C(C)C)C(C)C)cc1. The number of aliphatic hydroxyl groups is 1. The van der Waals surface area contributed by atoms with Gasteiger partial charge in [-0.2, -0.15) is 0 Å². The minimum absolute atomic E-state index is 0.0681. The van der Waals surface area contributed by atoms with E-state index >= 15 is 0 Å². The molecule has 1 aliphatic heterocycles. The largest absolute Gasteiger partial charge is 0.445 e. The number of ketones is 1. The molecule has 11 atom stereocenters. The van der Waals surface area contributed by atoms with Gasteiger partial charge < -0.3 is 50.8 Å². The monoisotopic (exact) mass is 1050 g/mol. The van der Waals surface area contributed by atoms with Crippen LogP contribution in [0, 0.1) is 23.7 Å². The number of carbonyl (C=O) groups excluding carboxylic acids is 8. The number of nitrogens with zero attached hydrogens (tertiary/aromatic N) is 3. The zero-order valence-corrected chi connectivity index (χ0v) is 46.6. The van der Waals surface area contributed by atoms with Crippen LogP contribution in [0.2, 0.25) is 0 Å². The van der Waals surface area contributed by atoms with Crippen molar-refractivity contribution in [2.24, 2.45) is 29.4 Å². The fourth-order valence-electron chi connectivity index (χ4n) is 9.96. The molecule has 0 aliphatic carbocycles. The number of likely N-dealkylation sites (N-methyl/N-ethyl adjacent to an activating group) is 2. The molecule has 0 spiro atoms. The molecule has 0 saturated carbocycles. The molecule has 75 heavy (non-hydrogen) atoms. The number of nitrogens with one attached hydrogen (secondary N) is 3. The van der Waals surface area contributed by atoms with E-state index in [0.717, 1.165) is 0 Å². The average Bonchev–Trinajstić information content (AvgIpc) is 3.86. The van der Waals surface area contributed by atoms with E-state index < -0.39 is 90.2 Å². The number of ether oxygens (including phenoxy) is 3. The summed E-state index contributed by atoms with van der Waals surface area (Å²) in [7, 11) is 6.13. The van der Waals surface area contributed by atoms with Gasteiger partial charge in [0.05, 0.1) is 61.2 Å². The fourth-order valence-corrected chi connectivity index (χ4v) is 9.96. The Morgan fingerprint density at radius 3 is 1.96 bits per heavy atom. The number of methoxy groups -OCH3 is 2. The highest BCUT2D eigenvalue weighted by atomic mass is 16.6. The Balaban J connectivity index is 1.71. The molecule has 0 unspecified atom stereocenters. The van der Waals surface area contributed by atoms with Gasteiger partial charge in [-0.15, -0.1) is 0 Å². The van der Waals surface area contributed by atoms with Gasteiger partial charge in [-0.1, -0.05) is 116 Å². The van der Waals surface area contributed by atoms with Gasteiger partial charge in [-0.3, -0.25) is 38.5 Å². The second kappa shape index (κ2) is 30.6. The van der Waals surface area contributed by atoms with Crippen molar-refractivity contribution in [2.75, 3.05) is 34.9 Å². The Hall–Kier alpha value is -5.92. The van der Waals surface area contributed by atoms with Gasteiger partial charge in [0.15, 0.2) is 5.78 Å². The number of Topliss-reactive ketones (excluding diaryl/α,β-unsaturated/α-hetero) is 1. The summed E-state index contributed by atoms with van der Waals surface area (Å²) < 4.78 is 17.6. The molecule has 1 saturated heterocycles. The number of nitrogens with two attached hydrogens (primary N) is 1. The van der Waals surface area contributed by atoms with Gasteiger partial charge in [0.2, 0.25) is 35.4 Å². The van der Waals surface area contributed by atoms with Crippen molar-refractivity contribution in [3.05, 3.63) is 71.3 Å². The molecule has 0 aromatic heterocycles. The number of hydrogen-bond donors (Lipinski definition) is 5. The lowest BCUT2D eigenvalue weighted by Gasteiger charge is -2.41. The highest BCUT2D eigenvalue weighted by Gasteiger charge is 2.44. The van der Waals surface area contributed by atoms with E-state index in [4.69, 9.17) is 19.9 Å². The third-order valence-corrected chi connectivity index (χ3v) is 14.4. The van der Waals surface area contributed by atoms with Crippen LogP contribution in [-0.4, -0.2) is 150 Å². The summed E-state index contributed by atoms with van der Waals surface area (Å²) in [5.74, 6) is -4.52. The molecule has 19 heteroatoms. The Morgan fingerprint density at radius 1 is 0.787 bits per heavy atom. The van der Waals surface area contributed by atoms with Gasteiger partial charge in [0.1, 0.15) is 18.7 Å². The molecule has 1 heterocycles. The fraction of sp³-hybridized carbons (Fsp3) is 0.643. The third-order valence-electron chi connectivity index (χ3n) is 14.4. The maximum absolute atomic E-state index is 14.7. The summed E-state index contributed by atoms with van der Waals surface area (Å²) >= 11 is 0. The lowest BCUT2D eigenvalue weighted by atomic mass is 9.89. The molecule has 0 radical (unpaired) electrons. The van der Waals surface area contributed by atoms with E-state index in [-0.39, 0.29) is 67.6 Å². The van der Waals surface area contributed by atoms with Gasteiger partial charge >= 0.3 is 6.09 Å². The minimum Gasteiger partial charge on any atom is -0.445 e. The number of aliphatic hydroxyl groups excluding tert-OH is 1. The molecular weight excluding hydrogens is 963 g/mol. The third kappa shape index (κ3) is 18.1. The van der Waals surface area contributed by atoms with E-state index in [9.17, 15) is 43.5 Å². The molecular formula is C56H87N7O12. The topological polar surface area (TPSA) is 256 Å². The number of primary amides is 1. The summed E-state index contributed by atoms with van der Waals surface area (Å²) in [6, 6.07) is 11.1. The van der Waals surface area contributed by atoms with E-state index in [0.29, 0.717) is 48.9 Å². The van der Waals surface area contributed by atoms with Gasteiger partial charge in [0.25, 0.3) is 0 Å². The first-order valence-electron chi connectivity index (χ1n) is 26.5. The molecule has 7 amide bonds. The van der Waals surface area contributed by atoms with Crippen molar-refractivity contribution >= 4 is 47.3 Å². The molecule has 6 N–H and O–H groups in total. The molecule has 3 rings (SSSR count). The minimum atomic E-state index is -1.05.